The summed E-state index contributed by atoms with van der Waals surface area (Å²) in [5.41, 5.74) is 10.4. The van der Waals surface area contributed by atoms with Gasteiger partial charge in [0.2, 0.25) is 0 Å². The van der Waals surface area contributed by atoms with Crippen LogP contribution in [-0.2, 0) is 0 Å². The van der Waals surface area contributed by atoms with Gasteiger partial charge in [-0.25, -0.2) is 4.98 Å². The molecule has 0 bridgehead atoms. The number of hydrogen-bond donors (Lipinski definition) is 0. The van der Waals surface area contributed by atoms with Crippen molar-refractivity contribution < 1.29 is 0 Å². The van der Waals surface area contributed by atoms with Crippen LogP contribution in [-0.4, -0.2) is 15.0 Å². The second-order valence-electron chi connectivity index (χ2n) is 12.0. The lowest BCUT2D eigenvalue weighted by Crippen LogP contribution is -1.94. The third-order valence-electron chi connectivity index (χ3n) is 9.18. The molecule has 0 spiro atoms. The van der Waals surface area contributed by atoms with E-state index < -0.39 is 0 Å². The minimum absolute atomic E-state index is 0.820. The first-order valence-corrected chi connectivity index (χ1v) is 16.2. The van der Waals surface area contributed by atoms with Crippen LogP contribution < -0.4 is 0 Å². The Balaban J connectivity index is 1.21. The van der Waals surface area contributed by atoms with Gasteiger partial charge in [-0.05, 0) is 114 Å². The van der Waals surface area contributed by atoms with Crippen LogP contribution in [0.15, 0.2) is 176 Å². The molecule has 3 aromatic heterocycles. The number of fused-ring (bicyclic) bond motifs is 5. The van der Waals surface area contributed by atoms with Gasteiger partial charge in [0, 0.05) is 12.4 Å². The lowest BCUT2D eigenvalue weighted by Gasteiger charge is -2.16. The Morgan fingerprint density at radius 2 is 0.708 bits per heavy atom. The van der Waals surface area contributed by atoms with Gasteiger partial charge in [-0.2, -0.15) is 0 Å². The fourth-order valence-electron chi connectivity index (χ4n) is 6.88. The van der Waals surface area contributed by atoms with Crippen LogP contribution in [0.5, 0.6) is 0 Å². The smallest absolute Gasteiger partial charge is 0.0900 e. The first-order chi connectivity index (χ1) is 23.8. The molecule has 3 nitrogen and oxygen atoms in total. The fraction of sp³-hybridized carbons (Fsp3) is 0. The molecule has 3 heteroatoms. The molecule has 0 saturated carbocycles. The summed E-state index contributed by atoms with van der Waals surface area (Å²) in [6, 6.07) is 58.0. The quantitative estimate of drug-likeness (QED) is 0.182. The lowest BCUT2D eigenvalue weighted by atomic mass is 9.87. The summed E-state index contributed by atoms with van der Waals surface area (Å²) >= 11 is 0. The van der Waals surface area contributed by atoms with Gasteiger partial charge in [0.25, 0.3) is 0 Å². The molecular formula is C45H29N3. The van der Waals surface area contributed by atoms with Gasteiger partial charge >= 0.3 is 0 Å². The summed E-state index contributed by atoms with van der Waals surface area (Å²) in [5.74, 6) is 0. The minimum atomic E-state index is 0.820. The second kappa shape index (κ2) is 11.7. The molecule has 48 heavy (non-hydrogen) atoms. The highest BCUT2D eigenvalue weighted by Gasteiger charge is 2.15. The van der Waals surface area contributed by atoms with Crippen molar-refractivity contribution in [2.75, 3.05) is 0 Å². The monoisotopic (exact) mass is 611 g/mol. The number of nitrogens with zero attached hydrogens (tertiary/aromatic N) is 3. The lowest BCUT2D eigenvalue weighted by molar-refractivity contribution is 1.22. The van der Waals surface area contributed by atoms with Gasteiger partial charge in [-0.15, -0.1) is 0 Å². The zero-order chi connectivity index (χ0) is 31.9. The van der Waals surface area contributed by atoms with Crippen molar-refractivity contribution in [3.63, 3.8) is 0 Å². The summed E-state index contributed by atoms with van der Waals surface area (Å²) in [4.78, 5) is 14.1. The Hall–Kier alpha value is -6.45. The predicted octanol–water partition coefficient (Wildman–Crippen LogP) is 11.7. The molecule has 0 unspecified atom stereocenters. The standard InChI is InChI=1S/C45H29N3/c1-2-12-31(13-3-1)38-28-40-37-17-7-5-15-35(37)39(29-41(40)36-16-6-4-14-34(36)38)32-22-20-30(21-23-32)33-26-44(42-18-8-10-24-46-42)48-45(27-33)43-19-9-11-25-47-43/h1-29H. The average molecular weight is 612 g/mol. The van der Waals surface area contributed by atoms with Crippen molar-refractivity contribution in [1.29, 1.82) is 0 Å². The van der Waals surface area contributed by atoms with E-state index in [2.05, 4.69) is 137 Å². The zero-order valence-corrected chi connectivity index (χ0v) is 26.1. The highest BCUT2D eigenvalue weighted by Crippen LogP contribution is 2.42. The SMILES string of the molecule is c1ccc(-c2cc3c4ccccc4c(-c4ccc(-c5cc(-c6ccccn6)nc(-c6ccccn6)c5)cc4)cc3c3ccccc23)cc1. The van der Waals surface area contributed by atoms with E-state index in [1.165, 1.54) is 54.6 Å². The van der Waals surface area contributed by atoms with Crippen LogP contribution in [0.25, 0.3) is 88.5 Å². The molecule has 9 aromatic rings. The molecule has 0 saturated heterocycles. The predicted molar refractivity (Wildman–Crippen MR) is 200 cm³/mol. The number of rotatable bonds is 5. The Morgan fingerprint density at radius 3 is 1.21 bits per heavy atom. The van der Waals surface area contributed by atoms with E-state index in [4.69, 9.17) is 4.98 Å². The molecule has 0 aliphatic carbocycles. The molecule has 0 amide bonds. The third kappa shape index (κ3) is 4.90. The maximum absolute atomic E-state index is 4.95. The zero-order valence-electron chi connectivity index (χ0n) is 26.1. The summed E-state index contributed by atoms with van der Waals surface area (Å²) in [6.07, 6.45) is 3.61. The van der Waals surface area contributed by atoms with E-state index in [1.54, 1.807) is 12.4 Å². The molecule has 9 rings (SSSR count). The van der Waals surface area contributed by atoms with Crippen molar-refractivity contribution in [2.24, 2.45) is 0 Å². The van der Waals surface area contributed by atoms with E-state index in [9.17, 15) is 0 Å². The molecule has 224 valence electrons. The van der Waals surface area contributed by atoms with E-state index in [1.807, 2.05) is 36.4 Å². The van der Waals surface area contributed by atoms with Crippen molar-refractivity contribution >= 4 is 32.3 Å². The highest BCUT2D eigenvalue weighted by atomic mass is 14.8. The van der Waals surface area contributed by atoms with Crippen LogP contribution in [0.3, 0.4) is 0 Å². The molecular weight excluding hydrogens is 583 g/mol. The molecule has 6 aromatic carbocycles. The van der Waals surface area contributed by atoms with Crippen LogP contribution in [0.1, 0.15) is 0 Å². The van der Waals surface area contributed by atoms with Gasteiger partial charge < -0.3 is 0 Å². The Labute approximate surface area is 278 Å². The van der Waals surface area contributed by atoms with Gasteiger partial charge in [0.05, 0.1) is 22.8 Å². The maximum Gasteiger partial charge on any atom is 0.0900 e. The van der Waals surface area contributed by atoms with Crippen molar-refractivity contribution in [3.05, 3.63) is 176 Å². The van der Waals surface area contributed by atoms with Crippen molar-refractivity contribution in [3.8, 4) is 56.2 Å². The van der Waals surface area contributed by atoms with Crippen molar-refractivity contribution in [1.82, 2.24) is 15.0 Å². The van der Waals surface area contributed by atoms with Gasteiger partial charge in [-0.1, -0.05) is 115 Å². The van der Waals surface area contributed by atoms with Gasteiger partial charge in [0.15, 0.2) is 0 Å². The first kappa shape index (κ1) is 27.8. The van der Waals surface area contributed by atoms with Gasteiger partial charge in [-0.3, -0.25) is 9.97 Å². The normalized spacial score (nSPS) is 11.3. The summed E-state index contributed by atoms with van der Waals surface area (Å²) in [7, 11) is 0. The van der Waals surface area contributed by atoms with Crippen LogP contribution in [0.4, 0.5) is 0 Å². The number of aromatic nitrogens is 3. The number of pyridine rings is 3. The molecule has 3 heterocycles. The number of benzene rings is 6. The van der Waals surface area contributed by atoms with E-state index in [0.717, 1.165) is 33.9 Å². The van der Waals surface area contributed by atoms with E-state index in [0.29, 0.717) is 0 Å². The fourth-order valence-corrected chi connectivity index (χ4v) is 6.88. The van der Waals surface area contributed by atoms with Crippen LogP contribution in [0.2, 0.25) is 0 Å². The van der Waals surface area contributed by atoms with Crippen molar-refractivity contribution in [2.45, 2.75) is 0 Å². The van der Waals surface area contributed by atoms with Gasteiger partial charge in [0.1, 0.15) is 0 Å². The molecule has 0 fully saturated rings. The number of hydrogen-bond acceptors (Lipinski definition) is 3. The summed E-state index contributed by atoms with van der Waals surface area (Å²) < 4.78 is 0. The topological polar surface area (TPSA) is 38.7 Å². The largest absolute Gasteiger partial charge is 0.255 e. The molecule has 0 aliphatic rings. The molecule has 0 radical (unpaired) electrons. The van der Waals surface area contributed by atoms with Crippen LogP contribution >= 0.6 is 0 Å². The molecule has 0 N–H and O–H groups in total. The minimum Gasteiger partial charge on any atom is -0.255 e. The summed E-state index contributed by atoms with van der Waals surface area (Å²) in [5, 5.41) is 7.55. The Kier molecular flexibility index (Phi) is 6.80. The molecule has 0 aliphatic heterocycles. The third-order valence-corrected chi connectivity index (χ3v) is 9.18. The maximum atomic E-state index is 4.95. The van der Waals surface area contributed by atoms with Crippen LogP contribution in [0, 0.1) is 0 Å². The van der Waals surface area contributed by atoms with E-state index in [-0.39, 0.29) is 0 Å². The highest BCUT2D eigenvalue weighted by molar-refractivity contribution is 6.23. The average Bonchev–Trinajstić information content (AvgIpc) is 3.18. The first-order valence-electron chi connectivity index (χ1n) is 16.2. The Morgan fingerprint density at radius 1 is 0.271 bits per heavy atom. The summed E-state index contributed by atoms with van der Waals surface area (Å²) in [6.45, 7) is 0. The second-order valence-corrected chi connectivity index (χ2v) is 12.0. The van der Waals surface area contributed by atoms with E-state index >= 15 is 0 Å². The Bertz CT molecular complexity index is 2520. The molecule has 0 atom stereocenters.